The number of amides is 1. The molecule has 2 aromatic heterocycles. The number of rotatable bonds is 4. The maximum absolute atomic E-state index is 12.9. The van der Waals surface area contributed by atoms with Crippen molar-refractivity contribution in [3.63, 3.8) is 0 Å². The third kappa shape index (κ3) is 4.26. The van der Waals surface area contributed by atoms with E-state index in [4.69, 9.17) is 16.7 Å². The number of nitrogens with zero attached hydrogens (tertiary/aromatic N) is 4. The Hall–Kier alpha value is -2.60. The predicted molar refractivity (Wildman–Crippen MR) is 123 cm³/mol. The minimum absolute atomic E-state index is 0.00342. The number of carbonyl (C=O) groups is 1. The van der Waals surface area contributed by atoms with Crippen molar-refractivity contribution >= 4 is 28.8 Å². The van der Waals surface area contributed by atoms with Crippen LogP contribution in [0.3, 0.4) is 0 Å². The highest BCUT2D eigenvalue weighted by Gasteiger charge is 2.29. The van der Waals surface area contributed by atoms with Gasteiger partial charge in [0.05, 0.1) is 16.6 Å². The Balaban J connectivity index is 1.37. The molecular weight excluding hydrogens is 410 g/mol. The lowest BCUT2D eigenvalue weighted by Gasteiger charge is -2.34. The molecule has 1 aromatic carbocycles. The van der Waals surface area contributed by atoms with Gasteiger partial charge in [0.25, 0.3) is 0 Å². The van der Waals surface area contributed by atoms with E-state index >= 15 is 0 Å². The van der Waals surface area contributed by atoms with Gasteiger partial charge in [-0.2, -0.15) is 5.10 Å². The molecule has 3 aromatic rings. The number of anilines is 1. The third-order valence-corrected chi connectivity index (χ3v) is 6.89. The first-order valence-electron chi connectivity index (χ1n) is 11.3. The van der Waals surface area contributed by atoms with Crippen molar-refractivity contribution in [2.75, 3.05) is 18.0 Å². The number of fused-ring (bicyclic) bond motifs is 1. The van der Waals surface area contributed by atoms with Gasteiger partial charge in [-0.1, -0.05) is 49.1 Å². The largest absolute Gasteiger partial charge is 0.354 e. The molecule has 1 saturated carbocycles. The van der Waals surface area contributed by atoms with E-state index in [-0.39, 0.29) is 11.8 Å². The minimum Gasteiger partial charge on any atom is -0.354 e. The number of benzene rings is 1. The van der Waals surface area contributed by atoms with Gasteiger partial charge in [0, 0.05) is 37.1 Å². The molecule has 162 valence electrons. The molecule has 1 N–H and O–H groups in total. The highest BCUT2D eigenvalue weighted by Crippen LogP contribution is 2.31. The van der Waals surface area contributed by atoms with E-state index in [2.05, 4.69) is 15.2 Å². The van der Waals surface area contributed by atoms with Gasteiger partial charge in [-0.3, -0.25) is 4.79 Å². The van der Waals surface area contributed by atoms with Crippen LogP contribution < -0.4 is 10.2 Å². The molecule has 1 aliphatic heterocycles. The first-order valence-corrected chi connectivity index (χ1v) is 11.7. The van der Waals surface area contributed by atoms with Gasteiger partial charge in [0.15, 0.2) is 5.82 Å². The van der Waals surface area contributed by atoms with E-state index in [9.17, 15) is 4.79 Å². The average molecular weight is 438 g/mol. The Morgan fingerprint density at radius 1 is 1.10 bits per heavy atom. The van der Waals surface area contributed by atoms with Crippen LogP contribution in [0.2, 0.25) is 5.02 Å². The van der Waals surface area contributed by atoms with Crippen LogP contribution in [0, 0.1) is 5.92 Å². The maximum Gasteiger partial charge on any atom is 0.225 e. The quantitative estimate of drug-likeness (QED) is 0.641. The van der Waals surface area contributed by atoms with Gasteiger partial charge in [0.2, 0.25) is 5.91 Å². The average Bonchev–Trinajstić information content (AvgIpc) is 3.24. The van der Waals surface area contributed by atoms with Gasteiger partial charge in [-0.05, 0) is 37.8 Å². The molecule has 2 aliphatic rings. The fourth-order valence-electron chi connectivity index (χ4n) is 4.90. The number of nitrogens with one attached hydrogen (secondary N) is 1. The zero-order valence-electron chi connectivity index (χ0n) is 17.6. The van der Waals surface area contributed by atoms with Gasteiger partial charge >= 0.3 is 0 Å². The normalized spacial score (nSPS) is 20.2. The Labute approximate surface area is 187 Å². The van der Waals surface area contributed by atoms with Gasteiger partial charge < -0.3 is 10.2 Å². The van der Waals surface area contributed by atoms with Crippen molar-refractivity contribution in [2.24, 2.45) is 5.92 Å². The third-order valence-electron chi connectivity index (χ3n) is 6.56. The number of carbonyl (C=O) groups excluding carboxylic acids is 1. The molecule has 1 amide bonds. The molecule has 31 heavy (non-hydrogen) atoms. The van der Waals surface area contributed by atoms with E-state index in [1.807, 2.05) is 41.0 Å². The minimum atomic E-state index is 0.00342. The first kappa shape index (κ1) is 20.3. The fourth-order valence-corrected chi connectivity index (χ4v) is 5.13. The summed E-state index contributed by atoms with van der Waals surface area (Å²) in [5.74, 6) is 1.08. The Kier molecular flexibility index (Phi) is 5.81. The SMILES string of the molecule is O=C(NC1CCCCC1)[C@@H]1CCCN(c2nccn3nc(-c4ccccc4Cl)cc23)C1. The number of piperidine rings is 1. The Bertz CT molecular complexity index is 1070. The fraction of sp³-hybridized carbons (Fsp3) is 0.458. The van der Waals surface area contributed by atoms with Crippen molar-refractivity contribution < 1.29 is 4.79 Å². The van der Waals surface area contributed by atoms with Crippen LogP contribution in [0.25, 0.3) is 16.8 Å². The summed E-state index contributed by atoms with van der Waals surface area (Å²) in [6, 6.07) is 10.1. The van der Waals surface area contributed by atoms with Crippen LogP contribution in [-0.4, -0.2) is 39.6 Å². The van der Waals surface area contributed by atoms with Crippen LogP contribution in [0.4, 0.5) is 5.82 Å². The molecule has 1 saturated heterocycles. The van der Waals surface area contributed by atoms with Crippen molar-refractivity contribution in [3.05, 3.63) is 47.7 Å². The molecule has 1 aliphatic carbocycles. The van der Waals surface area contributed by atoms with Gasteiger partial charge in [-0.25, -0.2) is 9.50 Å². The molecule has 1 atom stereocenters. The standard InChI is InChI=1S/C24H28ClN5O/c25-20-11-5-4-10-19(20)21-15-22-23(26-12-14-30(22)28-21)29-13-6-7-17(16-29)24(31)27-18-8-2-1-3-9-18/h4-5,10-12,14-15,17-18H,1-3,6-9,13,16H2,(H,27,31)/t17-/m1/s1. The van der Waals surface area contributed by atoms with Crippen LogP contribution >= 0.6 is 11.6 Å². The number of hydrogen-bond donors (Lipinski definition) is 1. The van der Waals surface area contributed by atoms with Gasteiger partial charge in [-0.15, -0.1) is 0 Å². The predicted octanol–water partition coefficient (Wildman–Crippen LogP) is 4.72. The van der Waals surface area contributed by atoms with Crippen LogP contribution in [0.15, 0.2) is 42.7 Å². The summed E-state index contributed by atoms with van der Waals surface area (Å²) in [6.45, 7) is 1.59. The molecule has 0 bridgehead atoms. The second-order valence-corrected chi connectivity index (χ2v) is 9.13. The monoisotopic (exact) mass is 437 g/mol. The van der Waals surface area contributed by atoms with E-state index in [1.165, 1.54) is 19.3 Å². The number of hydrogen-bond acceptors (Lipinski definition) is 4. The highest BCUT2D eigenvalue weighted by atomic mass is 35.5. The zero-order chi connectivity index (χ0) is 21.2. The first-order chi connectivity index (χ1) is 15.2. The molecule has 0 unspecified atom stereocenters. The second kappa shape index (κ2) is 8.87. The second-order valence-electron chi connectivity index (χ2n) is 8.72. The summed E-state index contributed by atoms with van der Waals surface area (Å²) in [6.07, 6.45) is 11.5. The van der Waals surface area contributed by atoms with E-state index < -0.39 is 0 Å². The molecule has 7 heteroatoms. The molecule has 6 nitrogen and oxygen atoms in total. The molecule has 5 rings (SSSR count). The van der Waals surface area contributed by atoms with E-state index in [0.29, 0.717) is 17.6 Å². The summed E-state index contributed by atoms with van der Waals surface area (Å²) < 4.78 is 1.85. The van der Waals surface area contributed by atoms with E-state index in [0.717, 1.165) is 54.8 Å². The molecule has 0 radical (unpaired) electrons. The van der Waals surface area contributed by atoms with Gasteiger partial charge in [0.1, 0.15) is 5.52 Å². The van der Waals surface area contributed by atoms with Crippen molar-refractivity contribution in [1.82, 2.24) is 19.9 Å². The number of aromatic nitrogens is 3. The van der Waals surface area contributed by atoms with E-state index in [1.54, 1.807) is 6.20 Å². The summed E-state index contributed by atoms with van der Waals surface area (Å²) in [4.78, 5) is 19.9. The lowest BCUT2D eigenvalue weighted by atomic mass is 9.93. The maximum atomic E-state index is 12.9. The number of halogens is 1. The van der Waals surface area contributed by atoms with Crippen molar-refractivity contribution in [3.8, 4) is 11.3 Å². The Morgan fingerprint density at radius 2 is 1.94 bits per heavy atom. The van der Waals surface area contributed by atoms with Crippen molar-refractivity contribution in [1.29, 1.82) is 0 Å². The molecule has 0 spiro atoms. The molecule has 3 heterocycles. The van der Waals surface area contributed by atoms with Crippen LogP contribution in [0.5, 0.6) is 0 Å². The zero-order valence-corrected chi connectivity index (χ0v) is 18.4. The molecular formula is C24H28ClN5O. The highest BCUT2D eigenvalue weighted by molar-refractivity contribution is 6.33. The molecule has 2 fully saturated rings. The van der Waals surface area contributed by atoms with Crippen molar-refractivity contribution in [2.45, 2.75) is 51.0 Å². The summed E-state index contributed by atoms with van der Waals surface area (Å²) in [5.41, 5.74) is 2.66. The summed E-state index contributed by atoms with van der Waals surface area (Å²) in [7, 11) is 0. The van der Waals surface area contributed by atoms with Crippen LogP contribution in [0.1, 0.15) is 44.9 Å². The summed E-state index contributed by atoms with van der Waals surface area (Å²) in [5, 5.41) is 8.71. The lowest BCUT2D eigenvalue weighted by Crippen LogP contribution is -2.46. The lowest BCUT2D eigenvalue weighted by molar-refractivity contribution is -0.126. The van der Waals surface area contributed by atoms with Crippen LogP contribution in [-0.2, 0) is 4.79 Å². The summed E-state index contributed by atoms with van der Waals surface area (Å²) >= 11 is 6.39. The Morgan fingerprint density at radius 3 is 2.77 bits per heavy atom. The topological polar surface area (TPSA) is 62.5 Å². The smallest absolute Gasteiger partial charge is 0.225 e.